The number of amides is 1. The lowest BCUT2D eigenvalue weighted by molar-refractivity contribution is -0.236. The first-order valence-electron chi connectivity index (χ1n) is 5.67. The number of rotatable bonds is 5. The van der Waals surface area contributed by atoms with Crippen molar-refractivity contribution in [2.75, 3.05) is 6.54 Å². The summed E-state index contributed by atoms with van der Waals surface area (Å²) < 4.78 is 0. The summed E-state index contributed by atoms with van der Waals surface area (Å²) in [6.07, 6.45) is 4.47. The molecule has 0 aromatic rings. The summed E-state index contributed by atoms with van der Waals surface area (Å²) in [6.45, 7) is 7.12. The smallest absolute Gasteiger partial charge is 0.246 e. The van der Waals surface area contributed by atoms with Crippen LogP contribution < -0.4 is 0 Å². The normalized spacial score (nSPS) is 17.9. The molecule has 3 heteroatoms. The Morgan fingerprint density at radius 2 is 1.86 bits per heavy atom. The van der Waals surface area contributed by atoms with Crippen molar-refractivity contribution in [2.45, 2.75) is 58.5 Å². The third-order valence-corrected chi connectivity index (χ3v) is 3.27. The highest BCUT2D eigenvalue weighted by molar-refractivity contribution is 5.76. The Bertz CT molecular complexity index is 191. The zero-order valence-corrected chi connectivity index (χ0v) is 9.51. The number of hydroxylamine groups is 2. The van der Waals surface area contributed by atoms with Gasteiger partial charge in [0.15, 0.2) is 0 Å². The van der Waals surface area contributed by atoms with Crippen LogP contribution in [0.4, 0.5) is 0 Å². The maximum atomic E-state index is 11.4. The first-order chi connectivity index (χ1) is 6.67. The first kappa shape index (κ1) is 11.5. The van der Waals surface area contributed by atoms with Crippen LogP contribution in [0.5, 0.6) is 0 Å². The lowest BCUT2D eigenvalue weighted by Crippen LogP contribution is -2.40. The molecule has 14 heavy (non-hydrogen) atoms. The van der Waals surface area contributed by atoms with Crippen molar-refractivity contribution in [1.82, 2.24) is 5.06 Å². The third kappa shape index (κ3) is 2.27. The molecule has 0 aromatic heterocycles. The van der Waals surface area contributed by atoms with Crippen molar-refractivity contribution in [3.8, 4) is 0 Å². The van der Waals surface area contributed by atoms with Crippen LogP contribution in [-0.4, -0.2) is 23.1 Å². The highest BCUT2D eigenvalue weighted by Crippen LogP contribution is 2.27. The van der Waals surface area contributed by atoms with E-state index in [1.54, 1.807) is 5.06 Å². The molecule has 0 atom stereocenters. The van der Waals surface area contributed by atoms with Gasteiger partial charge in [-0.3, -0.25) is 9.63 Å². The van der Waals surface area contributed by atoms with Gasteiger partial charge in [0, 0.05) is 13.0 Å². The molecule has 0 spiro atoms. The van der Waals surface area contributed by atoms with Crippen molar-refractivity contribution in [1.29, 1.82) is 0 Å². The summed E-state index contributed by atoms with van der Waals surface area (Å²) in [6, 6.07) is 0. The summed E-state index contributed by atoms with van der Waals surface area (Å²) in [5, 5.41) is 1.57. The molecule has 0 radical (unpaired) electrons. The molecule has 1 heterocycles. The van der Waals surface area contributed by atoms with Gasteiger partial charge in [-0.25, -0.2) is 5.06 Å². The molecule has 1 rings (SSSR count). The van der Waals surface area contributed by atoms with Crippen LogP contribution in [0, 0.1) is 0 Å². The Kier molecular flexibility index (Phi) is 3.93. The third-order valence-electron chi connectivity index (χ3n) is 3.27. The highest BCUT2D eigenvalue weighted by Gasteiger charge is 2.32. The van der Waals surface area contributed by atoms with E-state index in [0.717, 1.165) is 32.2 Å². The second-order valence-electron chi connectivity index (χ2n) is 3.93. The molecular weight excluding hydrogens is 178 g/mol. The summed E-state index contributed by atoms with van der Waals surface area (Å²) in [5.41, 5.74) is -0.125. The minimum absolute atomic E-state index is 0.125. The van der Waals surface area contributed by atoms with Crippen LogP contribution in [0.1, 0.15) is 52.9 Å². The van der Waals surface area contributed by atoms with Crippen molar-refractivity contribution in [3.05, 3.63) is 0 Å². The van der Waals surface area contributed by atoms with Crippen molar-refractivity contribution in [3.63, 3.8) is 0 Å². The maximum absolute atomic E-state index is 11.4. The molecule has 1 aliphatic heterocycles. The van der Waals surface area contributed by atoms with Crippen molar-refractivity contribution >= 4 is 5.91 Å². The fraction of sp³-hybridized carbons (Fsp3) is 0.909. The predicted molar refractivity (Wildman–Crippen MR) is 55.6 cm³/mol. The molecule has 0 aromatic carbocycles. The average Bonchev–Trinajstić information content (AvgIpc) is 2.61. The number of hydrogen-bond donors (Lipinski definition) is 0. The van der Waals surface area contributed by atoms with Crippen molar-refractivity contribution in [2.24, 2.45) is 0 Å². The van der Waals surface area contributed by atoms with E-state index in [1.807, 2.05) is 0 Å². The first-order valence-corrected chi connectivity index (χ1v) is 5.67. The van der Waals surface area contributed by atoms with Gasteiger partial charge < -0.3 is 0 Å². The maximum Gasteiger partial charge on any atom is 0.246 e. The molecule has 1 saturated heterocycles. The van der Waals surface area contributed by atoms with Gasteiger partial charge in [0.25, 0.3) is 0 Å². The lowest BCUT2D eigenvalue weighted by Gasteiger charge is -2.34. The van der Waals surface area contributed by atoms with Gasteiger partial charge in [0.2, 0.25) is 5.91 Å². The van der Waals surface area contributed by atoms with Gasteiger partial charge in [-0.05, 0) is 25.7 Å². The van der Waals surface area contributed by atoms with Gasteiger partial charge >= 0.3 is 0 Å². The number of hydrogen-bond acceptors (Lipinski definition) is 2. The molecule has 82 valence electrons. The minimum Gasteiger partial charge on any atom is -0.273 e. The fourth-order valence-corrected chi connectivity index (χ4v) is 1.90. The molecule has 1 fully saturated rings. The fourth-order valence-electron chi connectivity index (χ4n) is 1.90. The topological polar surface area (TPSA) is 29.5 Å². The van der Waals surface area contributed by atoms with E-state index in [0.29, 0.717) is 6.42 Å². The number of carbonyl (C=O) groups is 1. The summed E-state index contributed by atoms with van der Waals surface area (Å²) in [5.74, 6) is 0.143. The summed E-state index contributed by atoms with van der Waals surface area (Å²) in [4.78, 5) is 17.2. The molecule has 0 bridgehead atoms. The molecular formula is C11H21NO2. The Balaban J connectivity index is 2.58. The molecule has 0 aliphatic carbocycles. The van der Waals surface area contributed by atoms with Gasteiger partial charge in [-0.2, -0.15) is 0 Å². The van der Waals surface area contributed by atoms with Crippen LogP contribution in [0.25, 0.3) is 0 Å². The quantitative estimate of drug-likeness (QED) is 0.681. The average molecular weight is 199 g/mol. The molecule has 0 saturated carbocycles. The van der Waals surface area contributed by atoms with Gasteiger partial charge in [-0.15, -0.1) is 0 Å². The van der Waals surface area contributed by atoms with Gasteiger partial charge in [-0.1, -0.05) is 20.8 Å². The zero-order chi connectivity index (χ0) is 10.6. The van der Waals surface area contributed by atoms with Gasteiger partial charge in [0.05, 0.1) is 5.60 Å². The zero-order valence-electron chi connectivity index (χ0n) is 9.51. The Hall–Kier alpha value is -0.570. The molecule has 1 aliphatic rings. The van der Waals surface area contributed by atoms with E-state index >= 15 is 0 Å². The molecule has 0 unspecified atom stereocenters. The molecule has 1 amide bonds. The van der Waals surface area contributed by atoms with E-state index in [-0.39, 0.29) is 11.5 Å². The van der Waals surface area contributed by atoms with Crippen LogP contribution in [0.15, 0.2) is 0 Å². The van der Waals surface area contributed by atoms with Crippen LogP contribution >= 0.6 is 0 Å². The van der Waals surface area contributed by atoms with E-state index in [9.17, 15) is 4.79 Å². The van der Waals surface area contributed by atoms with Crippen LogP contribution in [0.2, 0.25) is 0 Å². The summed E-state index contributed by atoms with van der Waals surface area (Å²) in [7, 11) is 0. The second-order valence-corrected chi connectivity index (χ2v) is 3.93. The minimum atomic E-state index is -0.125. The molecule has 0 N–H and O–H groups in total. The number of nitrogens with zero attached hydrogens (tertiary/aromatic N) is 1. The van der Waals surface area contributed by atoms with E-state index < -0.39 is 0 Å². The largest absolute Gasteiger partial charge is 0.273 e. The SMILES string of the molecule is CCC(CC)(CC)ON1CCCC1=O. The van der Waals surface area contributed by atoms with E-state index in [2.05, 4.69) is 20.8 Å². The second kappa shape index (κ2) is 4.78. The Morgan fingerprint density at radius 1 is 1.29 bits per heavy atom. The number of carbonyl (C=O) groups excluding carboxylic acids is 1. The van der Waals surface area contributed by atoms with Crippen molar-refractivity contribution < 1.29 is 9.63 Å². The van der Waals surface area contributed by atoms with Crippen LogP contribution in [-0.2, 0) is 9.63 Å². The predicted octanol–water partition coefficient (Wildman–Crippen LogP) is 2.51. The lowest BCUT2D eigenvalue weighted by atomic mass is 9.94. The van der Waals surface area contributed by atoms with E-state index in [4.69, 9.17) is 4.84 Å². The molecule has 3 nitrogen and oxygen atoms in total. The summed E-state index contributed by atoms with van der Waals surface area (Å²) >= 11 is 0. The Morgan fingerprint density at radius 3 is 2.21 bits per heavy atom. The standard InChI is InChI=1S/C11H21NO2/c1-4-11(5-2,6-3)14-12-9-7-8-10(12)13/h4-9H2,1-3H3. The van der Waals surface area contributed by atoms with Gasteiger partial charge in [0.1, 0.15) is 0 Å². The van der Waals surface area contributed by atoms with Crippen LogP contribution in [0.3, 0.4) is 0 Å². The highest BCUT2D eigenvalue weighted by atomic mass is 16.7. The Labute approximate surface area is 86.4 Å². The monoisotopic (exact) mass is 199 g/mol. The van der Waals surface area contributed by atoms with E-state index in [1.165, 1.54) is 0 Å².